The topological polar surface area (TPSA) is 40.5 Å². The van der Waals surface area contributed by atoms with E-state index in [1.807, 2.05) is 24.1 Å². The molecule has 0 saturated carbocycles. The minimum Gasteiger partial charge on any atom is -0.478 e. The van der Waals surface area contributed by atoms with Crippen molar-refractivity contribution in [1.82, 2.24) is 0 Å². The number of anilines is 1. The molecule has 0 radical (unpaired) electrons. The van der Waals surface area contributed by atoms with E-state index in [1.165, 1.54) is 0 Å². The molecule has 15 heavy (non-hydrogen) atoms. The van der Waals surface area contributed by atoms with Gasteiger partial charge in [-0.25, -0.2) is 4.79 Å². The summed E-state index contributed by atoms with van der Waals surface area (Å²) in [4.78, 5) is 13.0. The van der Waals surface area contributed by atoms with Crippen molar-refractivity contribution in [3.8, 4) is 0 Å². The summed E-state index contributed by atoms with van der Waals surface area (Å²) in [6.07, 6.45) is 2.18. The van der Waals surface area contributed by atoms with Gasteiger partial charge in [0.2, 0.25) is 0 Å². The standard InChI is InChI=1S/C12H17NO2/c1-3-4-9-13(2)11-8-6-5-7-10(11)12(14)15/h5-8H,3-4,9H2,1-2H3,(H,14,15). The van der Waals surface area contributed by atoms with Crippen molar-refractivity contribution >= 4 is 11.7 Å². The van der Waals surface area contributed by atoms with Crippen molar-refractivity contribution in [3.05, 3.63) is 29.8 Å². The maximum atomic E-state index is 11.0. The lowest BCUT2D eigenvalue weighted by Gasteiger charge is -2.20. The van der Waals surface area contributed by atoms with Gasteiger partial charge in [0, 0.05) is 13.6 Å². The van der Waals surface area contributed by atoms with Crippen LogP contribution in [0.25, 0.3) is 0 Å². The SMILES string of the molecule is CCCCN(C)c1ccccc1C(=O)O. The van der Waals surface area contributed by atoms with Crippen LogP contribution in [0, 0.1) is 0 Å². The van der Waals surface area contributed by atoms with E-state index < -0.39 is 5.97 Å². The first-order chi connectivity index (χ1) is 7.16. The van der Waals surface area contributed by atoms with Gasteiger partial charge in [-0.05, 0) is 18.6 Å². The van der Waals surface area contributed by atoms with E-state index in [4.69, 9.17) is 5.11 Å². The average molecular weight is 207 g/mol. The lowest BCUT2D eigenvalue weighted by Crippen LogP contribution is -2.20. The summed E-state index contributed by atoms with van der Waals surface area (Å²) in [5.74, 6) is -0.867. The van der Waals surface area contributed by atoms with E-state index in [0.29, 0.717) is 5.56 Å². The van der Waals surface area contributed by atoms with Crippen LogP contribution < -0.4 is 4.90 Å². The molecular weight excluding hydrogens is 190 g/mol. The molecule has 1 N–H and O–H groups in total. The molecule has 0 amide bonds. The van der Waals surface area contributed by atoms with Crippen molar-refractivity contribution < 1.29 is 9.90 Å². The number of benzene rings is 1. The van der Waals surface area contributed by atoms with Crippen molar-refractivity contribution in [3.63, 3.8) is 0 Å². The van der Waals surface area contributed by atoms with Gasteiger partial charge in [-0.3, -0.25) is 0 Å². The van der Waals surface area contributed by atoms with Crippen LogP contribution in [0.5, 0.6) is 0 Å². The highest BCUT2D eigenvalue weighted by atomic mass is 16.4. The Balaban J connectivity index is 2.87. The molecule has 0 unspecified atom stereocenters. The second-order valence-corrected chi connectivity index (χ2v) is 3.60. The zero-order valence-electron chi connectivity index (χ0n) is 9.23. The first kappa shape index (κ1) is 11.6. The summed E-state index contributed by atoms with van der Waals surface area (Å²) in [5.41, 5.74) is 1.16. The van der Waals surface area contributed by atoms with Crippen LogP contribution in [-0.4, -0.2) is 24.7 Å². The van der Waals surface area contributed by atoms with E-state index in [9.17, 15) is 4.79 Å². The molecule has 1 aromatic carbocycles. The fourth-order valence-corrected chi connectivity index (χ4v) is 1.50. The van der Waals surface area contributed by atoms with Gasteiger partial charge in [-0.2, -0.15) is 0 Å². The van der Waals surface area contributed by atoms with Gasteiger partial charge in [-0.1, -0.05) is 25.5 Å². The minimum absolute atomic E-state index is 0.371. The molecule has 0 saturated heterocycles. The summed E-state index contributed by atoms with van der Waals surface area (Å²) >= 11 is 0. The predicted molar refractivity (Wildman–Crippen MR) is 61.6 cm³/mol. The lowest BCUT2D eigenvalue weighted by molar-refractivity contribution is 0.0697. The van der Waals surface area contributed by atoms with Crippen LogP contribution in [0.4, 0.5) is 5.69 Å². The van der Waals surface area contributed by atoms with E-state index in [-0.39, 0.29) is 0 Å². The molecule has 0 fully saturated rings. The second kappa shape index (κ2) is 5.39. The van der Waals surface area contributed by atoms with E-state index in [1.54, 1.807) is 12.1 Å². The Morgan fingerprint density at radius 3 is 2.67 bits per heavy atom. The van der Waals surface area contributed by atoms with E-state index in [2.05, 4.69) is 6.92 Å². The summed E-state index contributed by atoms with van der Waals surface area (Å²) in [6.45, 7) is 3.01. The molecule has 0 aliphatic rings. The normalized spacial score (nSPS) is 10.0. The monoisotopic (exact) mass is 207 g/mol. The third kappa shape index (κ3) is 2.98. The van der Waals surface area contributed by atoms with Crippen LogP contribution >= 0.6 is 0 Å². The molecule has 82 valence electrons. The Labute approximate surface area is 90.3 Å². The number of unbranched alkanes of at least 4 members (excludes halogenated alkanes) is 1. The van der Waals surface area contributed by atoms with Gasteiger partial charge < -0.3 is 10.0 Å². The number of aromatic carboxylic acids is 1. The second-order valence-electron chi connectivity index (χ2n) is 3.60. The molecule has 0 aromatic heterocycles. The Morgan fingerprint density at radius 2 is 2.07 bits per heavy atom. The first-order valence-electron chi connectivity index (χ1n) is 5.20. The summed E-state index contributed by atoms with van der Waals surface area (Å²) in [7, 11) is 1.93. The molecule has 1 rings (SSSR count). The number of carboxylic acids is 1. The van der Waals surface area contributed by atoms with Crippen LogP contribution in [0.3, 0.4) is 0 Å². The highest BCUT2D eigenvalue weighted by molar-refractivity contribution is 5.94. The molecule has 0 atom stereocenters. The summed E-state index contributed by atoms with van der Waals surface area (Å²) in [5, 5.41) is 9.01. The number of hydrogen-bond acceptors (Lipinski definition) is 2. The van der Waals surface area contributed by atoms with E-state index >= 15 is 0 Å². The molecule has 0 bridgehead atoms. The maximum Gasteiger partial charge on any atom is 0.337 e. The smallest absolute Gasteiger partial charge is 0.337 e. The largest absolute Gasteiger partial charge is 0.478 e. The maximum absolute atomic E-state index is 11.0. The Morgan fingerprint density at radius 1 is 1.40 bits per heavy atom. The molecular formula is C12H17NO2. The number of carbonyl (C=O) groups is 1. The number of para-hydroxylation sites is 1. The number of nitrogens with zero attached hydrogens (tertiary/aromatic N) is 1. The zero-order valence-corrected chi connectivity index (χ0v) is 9.23. The Bertz CT molecular complexity index is 336. The molecule has 3 heteroatoms. The van der Waals surface area contributed by atoms with Gasteiger partial charge in [0.1, 0.15) is 0 Å². The fraction of sp³-hybridized carbons (Fsp3) is 0.417. The van der Waals surface area contributed by atoms with Crippen molar-refractivity contribution in [2.45, 2.75) is 19.8 Å². The first-order valence-corrected chi connectivity index (χ1v) is 5.20. The van der Waals surface area contributed by atoms with Crippen molar-refractivity contribution in [1.29, 1.82) is 0 Å². The number of hydrogen-bond donors (Lipinski definition) is 1. The van der Waals surface area contributed by atoms with Crippen LogP contribution in [-0.2, 0) is 0 Å². The zero-order chi connectivity index (χ0) is 11.3. The van der Waals surface area contributed by atoms with Crippen molar-refractivity contribution in [2.75, 3.05) is 18.5 Å². The fourth-order valence-electron chi connectivity index (χ4n) is 1.50. The lowest BCUT2D eigenvalue weighted by atomic mass is 10.1. The van der Waals surface area contributed by atoms with Gasteiger partial charge in [0.05, 0.1) is 11.3 Å². The molecule has 0 spiro atoms. The third-order valence-corrected chi connectivity index (χ3v) is 2.39. The predicted octanol–water partition coefficient (Wildman–Crippen LogP) is 2.62. The van der Waals surface area contributed by atoms with Gasteiger partial charge >= 0.3 is 5.97 Å². The molecule has 0 aliphatic carbocycles. The average Bonchev–Trinajstić information content (AvgIpc) is 2.25. The molecule has 0 aliphatic heterocycles. The highest BCUT2D eigenvalue weighted by Gasteiger charge is 2.11. The van der Waals surface area contributed by atoms with Crippen molar-refractivity contribution in [2.24, 2.45) is 0 Å². The van der Waals surface area contributed by atoms with Crippen LogP contribution in [0.1, 0.15) is 30.1 Å². The van der Waals surface area contributed by atoms with Crippen LogP contribution in [0.2, 0.25) is 0 Å². The Hall–Kier alpha value is -1.51. The van der Waals surface area contributed by atoms with Gasteiger partial charge in [0.15, 0.2) is 0 Å². The third-order valence-electron chi connectivity index (χ3n) is 2.39. The number of rotatable bonds is 5. The molecule has 0 heterocycles. The van der Waals surface area contributed by atoms with Crippen LogP contribution in [0.15, 0.2) is 24.3 Å². The quantitative estimate of drug-likeness (QED) is 0.806. The summed E-state index contributed by atoms with van der Waals surface area (Å²) < 4.78 is 0. The Kier molecular flexibility index (Phi) is 4.16. The molecule has 3 nitrogen and oxygen atoms in total. The van der Waals surface area contributed by atoms with E-state index in [0.717, 1.165) is 25.1 Å². The highest BCUT2D eigenvalue weighted by Crippen LogP contribution is 2.19. The number of carboxylic acid groups (broad SMARTS) is 1. The van der Waals surface area contributed by atoms with Gasteiger partial charge in [-0.15, -0.1) is 0 Å². The van der Waals surface area contributed by atoms with Gasteiger partial charge in [0.25, 0.3) is 0 Å². The minimum atomic E-state index is -0.867. The molecule has 1 aromatic rings. The summed E-state index contributed by atoms with van der Waals surface area (Å²) in [6, 6.07) is 7.10.